The van der Waals surface area contributed by atoms with Crippen LogP contribution in [-0.2, 0) is 20.7 Å². The minimum atomic E-state index is -0.823. The smallest absolute Gasteiger partial charge is 0.413 e. The van der Waals surface area contributed by atoms with Crippen molar-refractivity contribution in [2.75, 3.05) is 26.0 Å². The van der Waals surface area contributed by atoms with Gasteiger partial charge in [-0.25, -0.2) is 4.79 Å². The second-order valence-electron chi connectivity index (χ2n) is 5.13. The van der Waals surface area contributed by atoms with E-state index in [0.29, 0.717) is 0 Å². The molecule has 0 fully saturated rings. The highest BCUT2D eigenvalue weighted by Crippen LogP contribution is 2.15. The lowest BCUT2D eigenvalue weighted by molar-refractivity contribution is -0.125. The maximum Gasteiger partial charge on any atom is 0.413 e. The minimum Gasteiger partial charge on any atom is -0.453 e. The first-order valence-corrected chi connectivity index (χ1v) is 7.35. The van der Waals surface area contributed by atoms with Gasteiger partial charge in [-0.3, -0.25) is 19.8 Å². The SMILES string of the molecule is CCc1ccccc1NC(=O)CN(C)[C@H](C)C(=O)NC(=O)OC. The van der Waals surface area contributed by atoms with Crippen molar-refractivity contribution in [2.45, 2.75) is 26.3 Å². The first-order chi connectivity index (χ1) is 10.9. The Hall–Kier alpha value is -2.41. The predicted octanol–water partition coefficient (Wildman–Crippen LogP) is 1.39. The molecule has 0 heterocycles. The number of hydrogen-bond acceptors (Lipinski definition) is 5. The molecule has 3 amide bonds. The topological polar surface area (TPSA) is 87.7 Å². The van der Waals surface area contributed by atoms with E-state index in [9.17, 15) is 14.4 Å². The number of nitrogens with zero attached hydrogens (tertiary/aromatic N) is 1. The molecule has 0 unspecified atom stereocenters. The Bertz CT molecular complexity index is 574. The molecule has 0 aliphatic carbocycles. The van der Waals surface area contributed by atoms with Gasteiger partial charge in [0.2, 0.25) is 11.8 Å². The van der Waals surface area contributed by atoms with Crippen LogP contribution in [0.2, 0.25) is 0 Å². The average Bonchev–Trinajstić information content (AvgIpc) is 2.54. The molecule has 1 aromatic rings. The van der Waals surface area contributed by atoms with Gasteiger partial charge in [0, 0.05) is 5.69 Å². The predicted molar refractivity (Wildman–Crippen MR) is 87.1 cm³/mol. The highest BCUT2D eigenvalue weighted by molar-refractivity contribution is 5.96. The number of rotatable bonds is 6. The van der Waals surface area contributed by atoms with Gasteiger partial charge in [-0.15, -0.1) is 0 Å². The molecule has 0 aromatic heterocycles. The first kappa shape index (κ1) is 18.6. The molecule has 23 heavy (non-hydrogen) atoms. The summed E-state index contributed by atoms with van der Waals surface area (Å²) >= 11 is 0. The van der Waals surface area contributed by atoms with Crippen LogP contribution in [0, 0.1) is 0 Å². The number of imide groups is 1. The molecule has 0 saturated carbocycles. The second kappa shape index (κ2) is 8.89. The molecule has 0 bridgehead atoms. The Morgan fingerprint density at radius 1 is 1.26 bits per heavy atom. The van der Waals surface area contributed by atoms with Gasteiger partial charge in [0.15, 0.2) is 0 Å². The number of anilines is 1. The molecule has 0 aliphatic heterocycles. The fourth-order valence-electron chi connectivity index (χ4n) is 1.96. The van der Waals surface area contributed by atoms with Gasteiger partial charge < -0.3 is 10.1 Å². The molecule has 0 saturated heterocycles. The van der Waals surface area contributed by atoms with Gasteiger partial charge in [0.25, 0.3) is 0 Å². The summed E-state index contributed by atoms with van der Waals surface area (Å²) in [4.78, 5) is 36.5. The van der Waals surface area contributed by atoms with Crippen LogP contribution in [0.4, 0.5) is 10.5 Å². The summed E-state index contributed by atoms with van der Waals surface area (Å²) in [5.41, 5.74) is 1.81. The van der Waals surface area contributed by atoms with E-state index in [2.05, 4.69) is 15.4 Å². The summed E-state index contributed by atoms with van der Waals surface area (Å²) in [7, 11) is 2.81. The number of methoxy groups -OCH3 is 1. The number of amides is 3. The normalized spacial score (nSPS) is 11.7. The van der Waals surface area contributed by atoms with E-state index in [0.717, 1.165) is 17.7 Å². The maximum absolute atomic E-state index is 12.1. The lowest BCUT2D eigenvalue weighted by Crippen LogP contribution is -2.47. The van der Waals surface area contributed by atoms with E-state index in [1.54, 1.807) is 18.9 Å². The molecule has 0 spiro atoms. The average molecular weight is 321 g/mol. The van der Waals surface area contributed by atoms with Crippen molar-refractivity contribution in [3.63, 3.8) is 0 Å². The second-order valence-corrected chi connectivity index (χ2v) is 5.13. The van der Waals surface area contributed by atoms with Crippen LogP contribution in [-0.4, -0.2) is 49.6 Å². The molecule has 1 atom stereocenters. The highest BCUT2D eigenvalue weighted by atomic mass is 16.5. The van der Waals surface area contributed by atoms with Gasteiger partial charge in [0.1, 0.15) is 0 Å². The number of hydrogen-bond donors (Lipinski definition) is 2. The van der Waals surface area contributed by atoms with Crippen molar-refractivity contribution >= 4 is 23.6 Å². The molecule has 7 heteroatoms. The Labute approximate surface area is 136 Å². The summed E-state index contributed by atoms with van der Waals surface area (Å²) in [6, 6.07) is 6.90. The zero-order valence-corrected chi connectivity index (χ0v) is 13.9. The number of para-hydroxylation sites is 1. The molecule has 0 aliphatic rings. The largest absolute Gasteiger partial charge is 0.453 e. The zero-order chi connectivity index (χ0) is 17.4. The van der Waals surface area contributed by atoms with E-state index in [-0.39, 0.29) is 12.5 Å². The summed E-state index contributed by atoms with van der Waals surface area (Å²) < 4.78 is 4.37. The number of benzene rings is 1. The summed E-state index contributed by atoms with van der Waals surface area (Å²) in [6.45, 7) is 3.63. The summed E-state index contributed by atoms with van der Waals surface area (Å²) in [5.74, 6) is -0.757. The van der Waals surface area contributed by atoms with Crippen molar-refractivity contribution < 1.29 is 19.1 Å². The van der Waals surface area contributed by atoms with Gasteiger partial charge in [-0.1, -0.05) is 25.1 Å². The Kier molecular flexibility index (Phi) is 7.21. The van der Waals surface area contributed by atoms with Crippen LogP contribution in [0.1, 0.15) is 19.4 Å². The fraction of sp³-hybridized carbons (Fsp3) is 0.438. The molecular formula is C16H23N3O4. The van der Waals surface area contributed by atoms with E-state index >= 15 is 0 Å². The van der Waals surface area contributed by atoms with Crippen LogP contribution in [0.15, 0.2) is 24.3 Å². The van der Waals surface area contributed by atoms with Crippen molar-refractivity contribution in [3.05, 3.63) is 29.8 Å². The third-order valence-electron chi connectivity index (χ3n) is 3.52. The van der Waals surface area contributed by atoms with Gasteiger partial charge in [0.05, 0.1) is 19.7 Å². The highest BCUT2D eigenvalue weighted by Gasteiger charge is 2.22. The van der Waals surface area contributed by atoms with Crippen LogP contribution < -0.4 is 10.6 Å². The summed E-state index contributed by atoms with van der Waals surface area (Å²) in [6.07, 6.45) is -0.0129. The van der Waals surface area contributed by atoms with Gasteiger partial charge in [-0.2, -0.15) is 0 Å². The minimum absolute atomic E-state index is 0.0216. The number of ether oxygens (including phenoxy) is 1. The molecular weight excluding hydrogens is 298 g/mol. The van der Waals surface area contributed by atoms with Crippen LogP contribution >= 0.6 is 0 Å². The van der Waals surface area contributed by atoms with Crippen LogP contribution in [0.3, 0.4) is 0 Å². The van der Waals surface area contributed by atoms with Crippen molar-refractivity contribution in [2.24, 2.45) is 0 Å². The number of carbonyl (C=O) groups excluding carboxylic acids is 3. The van der Waals surface area contributed by atoms with Gasteiger partial charge >= 0.3 is 6.09 Å². The van der Waals surface area contributed by atoms with E-state index in [1.165, 1.54) is 7.11 Å². The molecule has 7 nitrogen and oxygen atoms in total. The third-order valence-corrected chi connectivity index (χ3v) is 3.52. The standard InChI is InChI=1S/C16H23N3O4/c1-5-12-8-6-7-9-13(12)17-14(20)10-19(3)11(2)15(21)18-16(22)23-4/h6-9,11H,5,10H2,1-4H3,(H,17,20)(H,18,21,22)/t11-/m1/s1. The van der Waals surface area contributed by atoms with Gasteiger partial charge in [-0.05, 0) is 32.0 Å². The molecule has 1 rings (SSSR count). The monoisotopic (exact) mass is 321 g/mol. The number of carbonyl (C=O) groups is 3. The maximum atomic E-state index is 12.1. The lowest BCUT2D eigenvalue weighted by Gasteiger charge is -2.23. The number of likely N-dealkylation sites (N-methyl/N-ethyl adjacent to an activating group) is 1. The number of alkyl carbamates (subject to hydrolysis) is 1. The first-order valence-electron chi connectivity index (χ1n) is 7.35. The quantitative estimate of drug-likeness (QED) is 0.827. The van der Waals surface area contributed by atoms with E-state index in [1.807, 2.05) is 31.2 Å². The molecule has 1 aromatic carbocycles. The number of nitrogens with one attached hydrogen (secondary N) is 2. The Morgan fingerprint density at radius 3 is 2.52 bits per heavy atom. The number of aryl methyl sites for hydroxylation is 1. The van der Waals surface area contributed by atoms with E-state index < -0.39 is 18.0 Å². The summed E-state index contributed by atoms with van der Waals surface area (Å²) in [5, 5.41) is 4.91. The molecule has 0 radical (unpaired) electrons. The van der Waals surface area contributed by atoms with Crippen LogP contribution in [0.25, 0.3) is 0 Å². The van der Waals surface area contributed by atoms with Crippen LogP contribution in [0.5, 0.6) is 0 Å². The van der Waals surface area contributed by atoms with Crippen molar-refractivity contribution in [1.29, 1.82) is 0 Å². The fourth-order valence-corrected chi connectivity index (χ4v) is 1.96. The lowest BCUT2D eigenvalue weighted by atomic mass is 10.1. The van der Waals surface area contributed by atoms with Crippen molar-refractivity contribution in [3.8, 4) is 0 Å². The molecule has 126 valence electrons. The van der Waals surface area contributed by atoms with Crippen molar-refractivity contribution in [1.82, 2.24) is 10.2 Å². The Morgan fingerprint density at radius 2 is 1.91 bits per heavy atom. The zero-order valence-electron chi connectivity index (χ0n) is 13.9. The Balaban J connectivity index is 2.59. The third kappa shape index (κ3) is 5.71. The van der Waals surface area contributed by atoms with E-state index in [4.69, 9.17) is 0 Å². The molecule has 2 N–H and O–H groups in total.